The summed E-state index contributed by atoms with van der Waals surface area (Å²) in [6, 6.07) is 7.95. The molecular formula is C23H27F2N3O2. The van der Waals surface area contributed by atoms with E-state index < -0.39 is 35.1 Å². The number of benzene rings is 2. The van der Waals surface area contributed by atoms with E-state index in [0.717, 1.165) is 36.5 Å². The lowest BCUT2D eigenvalue weighted by Gasteiger charge is -2.23. The summed E-state index contributed by atoms with van der Waals surface area (Å²) in [4.78, 5) is 27.6. The van der Waals surface area contributed by atoms with Crippen LogP contribution in [0.5, 0.6) is 0 Å². The van der Waals surface area contributed by atoms with Crippen LogP contribution >= 0.6 is 0 Å². The number of hydrogen-bond donors (Lipinski definition) is 2. The Hall–Kier alpha value is -2.96. The molecule has 1 fully saturated rings. The van der Waals surface area contributed by atoms with Gasteiger partial charge in [0.1, 0.15) is 23.2 Å². The molecule has 0 bridgehead atoms. The molecular weight excluding hydrogens is 388 g/mol. The summed E-state index contributed by atoms with van der Waals surface area (Å²) in [5.41, 5.74) is 2.11. The summed E-state index contributed by atoms with van der Waals surface area (Å²) in [6.45, 7) is 7.56. The lowest BCUT2D eigenvalue weighted by atomic mass is 10.0. The van der Waals surface area contributed by atoms with Gasteiger partial charge in [0.25, 0.3) is 5.91 Å². The largest absolute Gasteiger partial charge is 0.371 e. The fourth-order valence-corrected chi connectivity index (χ4v) is 3.73. The van der Waals surface area contributed by atoms with Gasteiger partial charge in [0.15, 0.2) is 0 Å². The van der Waals surface area contributed by atoms with Crippen LogP contribution in [0.2, 0.25) is 0 Å². The van der Waals surface area contributed by atoms with Crippen molar-refractivity contribution in [2.45, 2.75) is 39.7 Å². The van der Waals surface area contributed by atoms with Crippen molar-refractivity contribution in [3.05, 3.63) is 59.2 Å². The zero-order valence-electron chi connectivity index (χ0n) is 17.5. The van der Waals surface area contributed by atoms with Gasteiger partial charge in [-0.3, -0.25) is 9.59 Å². The van der Waals surface area contributed by atoms with Crippen LogP contribution in [-0.4, -0.2) is 30.9 Å². The van der Waals surface area contributed by atoms with Crippen LogP contribution < -0.4 is 15.5 Å². The Bertz CT molecular complexity index is 920. The maximum Gasteiger partial charge on any atom is 0.257 e. The second-order valence-corrected chi connectivity index (χ2v) is 7.98. The summed E-state index contributed by atoms with van der Waals surface area (Å²) in [5, 5.41) is 5.27. The highest BCUT2D eigenvalue weighted by Crippen LogP contribution is 2.27. The van der Waals surface area contributed by atoms with Crippen molar-refractivity contribution in [3.8, 4) is 0 Å². The van der Waals surface area contributed by atoms with E-state index in [-0.39, 0.29) is 5.92 Å². The van der Waals surface area contributed by atoms with Crippen LogP contribution in [0.25, 0.3) is 0 Å². The van der Waals surface area contributed by atoms with Crippen molar-refractivity contribution in [1.82, 2.24) is 5.32 Å². The van der Waals surface area contributed by atoms with Gasteiger partial charge in [0, 0.05) is 24.5 Å². The number of nitrogens with one attached hydrogen (secondary N) is 2. The van der Waals surface area contributed by atoms with Crippen LogP contribution in [0.15, 0.2) is 36.4 Å². The molecule has 1 aliphatic heterocycles. The lowest BCUT2D eigenvalue weighted by molar-refractivity contribution is -0.118. The molecule has 1 aliphatic rings. The molecule has 0 radical (unpaired) electrons. The first-order valence-corrected chi connectivity index (χ1v) is 10.2. The fourth-order valence-electron chi connectivity index (χ4n) is 3.73. The molecule has 1 saturated heterocycles. The van der Waals surface area contributed by atoms with Crippen molar-refractivity contribution >= 4 is 23.2 Å². The van der Waals surface area contributed by atoms with Gasteiger partial charge >= 0.3 is 0 Å². The molecule has 30 heavy (non-hydrogen) atoms. The Balaban J connectivity index is 1.73. The molecule has 0 spiro atoms. The van der Waals surface area contributed by atoms with Crippen molar-refractivity contribution in [3.63, 3.8) is 0 Å². The standard InChI is InChI=1S/C23H27F2N3O2/c1-14(2)21(27-22(29)20-17(24)7-6-8-18(20)25)23(30)26-16-9-10-19(15(3)13-16)28-11-4-5-12-28/h6-10,13-14,21H,4-5,11-12H2,1-3H3,(H,26,30)(H,27,29). The second-order valence-electron chi connectivity index (χ2n) is 7.98. The van der Waals surface area contributed by atoms with E-state index in [9.17, 15) is 18.4 Å². The van der Waals surface area contributed by atoms with E-state index in [1.54, 1.807) is 13.8 Å². The number of hydrogen-bond acceptors (Lipinski definition) is 3. The molecule has 0 saturated carbocycles. The molecule has 5 nitrogen and oxygen atoms in total. The highest BCUT2D eigenvalue weighted by molar-refractivity contribution is 6.01. The molecule has 0 aliphatic carbocycles. The molecule has 7 heteroatoms. The summed E-state index contributed by atoms with van der Waals surface area (Å²) in [7, 11) is 0. The van der Waals surface area contributed by atoms with Gasteiger partial charge in [-0.1, -0.05) is 19.9 Å². The maximum atomic E-state index is 13.9. The zero-order chi connectivity index (χ0) is 21.8. The predicted octanol–water partition coefficient (Wildman–Crippen LogP) is 4.27. The number of halogens is 2. The Morgan fingerprint density at radius 2 is 1.67 bits per heavy atom. The smallest absolute Gasteiger partial charge is 0.257 e. The first kappa shape index (κ1) is 21.7. The number of carbonyl (C=O) groups is 2. The number of rotatable bonds is 6. The van der Waals surface area contributed by atoms with Gasteiger partial charge in [-0.2, -0.15) is 0 Å². The van der Waals surface area contributed by atoms with Crippen LogP contribution in [0, 0.1) is 24.5 Å². The Morgan fingerprint density at radius 3 is 2.23 bits per heavy atom. The van der Waals surface area contributed by atoms with Crippen molar-refractivity contribution in [2.75, 3.05) is 23.3 Å². The van der Waals surface area contributed by atoms with E-state index >= 15 is 0 Å². The average Bonchev–Trinajstić information content (AvgIpc) is 3.20. The van der Waals surface area contributed by atoms with E-state index in [4.69, 9.17) is 0 Å². The summed E-state index contributed by atoms with van der Waals surface area (Å²) in [5.74, 6) is -3.62. The van der Waals surface area contributed by atoms with E-state index in [2.05, 4.69) is 15.5 Å². The predicted molar refractivity (Wildman–Crippen MR) is 114 cm³/mol. The molecule has 1 unspecified atom stereocenters. The van der Waals surface area contributed by atoms with Gasteiger partial charge in [-0.15, -0.1) is 0 Å². The Morgan fingerprint density at radius 1 is 1.03 bits per heavy atom. The average molecular weight is 415 g/mol. The minimum absolute atomic E-state index is 0.284. The highest BCUT2D eigenvalue weighted by atomic mass is 19.1. The normalized spacial score (nSPS) is 14.7. The SMILES string of the molecule is Cc1cc(NC(=O)C(NC(=O)c2c(F)cccc2F)C(C)C)ccc1N1CCCC1. The molecule has 0 aromatic heterocycles. The molecule has 2 aromatic carbocycles. The van der Waals surface area contributed by atoms with Crippen LogP contribution in [0.3, 0.4) is 0 Å². The van der Waals surface area contributed by atoms with Gasteiger partial charge in [0.2, 0.25) is 5.91 Å². The number of nitrogens with zero attached hydrogens (tertiary/aromatic N) is 1. The minimum Gasteiger partial charge on any atom is -0.371 e. The molecule has 3 rings (SSSR count). The monoisotopic (exact) mass is 415 g/mol. The van der Waals surface area contributed by atoms with E-state index in [0.29, 0.717) is 5.69 Å². The van der Waals surface area contributed by atoms with Crippen molar-refractivity contribution < 1.29 is 18.4 Å². The van der Waals surface area contributed by atoms with Crippen molar-refractivity contribution in [1.29, 1.82) is 0 Å². The summed E-state index contributed by atoms with van der Waals surface area (Å²) >= 11 is 0. The minimum atomic E-state index is -0.969. The lowest BCUT2D eigenvalue weighted by Crippen LogP contribution is -2.47. The Labute approximate surface area is 175 Å². The van der Waals surface area contributed by atoms with Gasteiger partial charge in [0.05, 0.1) is 0 Å². The first-order chi connectivity index (χ1) is 14.3. The molecule has 2 amide bonds. The summed E-state index contributed by atoms with van der Waals surface area (Å²) < 4.78 is 27.8. The third-order valence-corrected chi connectivity index (χ3v) is 5.34. The maximum absolute atomic E-state index is 13.9. The zero-order valence-corrected chi connectivity index (χ0v) is 17.5. The quantitative estimate of drug-likeness (QED) is 0.741. The first-order valence-electron chi connectivity index (χ1n) is 10.2. The van der Waals surface area contributed by atoms with Crippen molar-refractivity contribution in [2.24, 2.45) is 5.92 Å². The number of aryl methyl sites for hydroxylation is 1. The fraction of sp³-hybridized carbons (Fsp3) is 0.391. The van der Waals surface area contributed by atoms with Gasteiger partial charge in [-0.25, -0.2) is 8.78 Å². The topological polar surface area (TPSA) is 61.4 Å². The molecule has 1 atom stereocenters. The third kappa shape index (κ3) is 4.78. The second kappa shape index (κ2) is 9.24. The summed E-state index contributed by atoms with van der Waals surface area (Å²) in [6.07, 6.45) is 2.35. The number of carbonyl (C=O) groups excluding carboxylic acids is 2. The van der Waals surface area contributed by atoms with Crippen LogP contribution in [0.4, 0.5) is 20.2 Å². The third-order valence-electron chi connectivity index (χ3n) is 5.34. The molecule has 160 valence electrons. The Kier molecular flexibility index (Phi) is 6.70. The van der Waals surface area contributed by atoms with Crippen LogP contribution in [0.1, 0.15) is 42.6 Å². The van der Waals surface area contributed by atoms with Crippen LogP contribution in [-0.2, 0) is 4.79 Å². The molecule has 2 N–H and O–H groups in total. The number of anilines is 2. The number of amides is 2. The molecule has 1 heterocycles. The van der Waals surface area contributed by atoms with Gasteiger partial charge < -0.3 is 15.5 Å². The van der Waals surface area contributed by atoms with E-state index in [1.165, 1.54) is 18.9 Å². The van der Waals surface area contributed by atoms with Gasteiger partial charge in [-0.05, 0) is 61.6 Å². The molecule has 2 aromatic rings. The van der Waals surface area contributed by atoms with E-state index in [1.807, 2.05) is 25.1 Å². The highest BCUT2D eigenvalue weighted by Gasteiger charge is 2.27.